The largest absolute Gasteiger partial charge is 0.489 e. The molecule has 0 saturated carbocycles. The molecule has 0 spiro atoms. The van der Waals surface area contributed by atoms with Crippen LogP contribution < -0.4 is 15.8 Å². The van der Waals surface area contributed by atoms with Gasteiger partial charge in [0, 0.05) is 25.3 Å². The number of carbonyl (C=O) groups is 1. The Labute approximate surface area is 223 Å². The zero-order chi connectivity index (χ0) is 24.5. The topological polar surface area (TPSA) is 101 Å². The number of amidine groups is 1. The van der Waals surface area contributed by atoms with Crippen molar-refractivity contribution < 1.29 is 23.0 Å². The molecule has 7 nitrogen and oxygen atoms in total. The van der Waals surface area contributed by atoms with Gasteiger partial charge in [0.1, 0.15) is 18.3 Å². The highest BCUT2D eigenvalue weighted by molar-refractivity contribution is 5.94. The summed E-state index contributed by atoms with van der Waals surface area (Å²) in [5, 5.41) is 10.1. The van der Waals surface area contributed by atoms with E-state index in [9.17, 15) is 9.18 Å². The van der Waals surface area contributed by atoms with Crippen LogP contribution in [-0.4, -0.2) is 49.5 Å². The van der Waals surface area contributed by atoms with E-state index < -0.39 is 29.2 Å². The molecule has 1 aliphatic rings. The van der Waals surface area contributed by atoms with E-state index in [0.717, 1.165) is 37.6 Å². The number of carbonyl (C=O) groups excluding carboxylic acids is 1. The summed E-state index contributed by atoms with van der Waals surface area (Å²) < 4.78 is 41.0. The summed E-state index contributed by atoms with van der Waals surface area (Å²) in [6.07, 6.45) is 2.03. The van der Waals surface area contributed by atoms with Gasteiger partial charge >= 0.3 is 0 Å². The van der Waals surface area contributed by atoms with E-state index in [0.29, 0.717) is 12.1 Å². The number of amides is 1. The maximum Gasteiger partial charge on any atom is 0.254 e. The van der Waals surface area contributed by atoms with Crippen molar-refractivity contribution in [2.45, 2.75) is 38.8 Å². The Morgan fingerprint density at radius 1 is 1.11 bits per heavy atom. The fourth-order valence-corrected chi connectivity index (χ4v) is 3.91. The van der Waals surface area contributed by atoms with Crippen LogP contribution in [0, 0.1) is 17.0 Å². The van der Waals surface area contributed by atoms with Crippen molar-refractivity contribution in [2.24, 2.45) is 5.73 Å². The third kappa shape index (κ3) is 8.58. The molecule has 200 valence electrons. The highest BCUT2D eigenvalue weighted by atomic mass is 35.5. The Bertz CT molecular complexity index is 990. The first-order valence-corrected chi connectivity index (χ1v) is 11.6. The van der Waals surface area contributed by atoms with Crippen LogP contribution in [0.5, 0.6) is 5.75 Å². The van der Waals surface area contributed by atoms with Gasteiger partial charge in [-0.3, -0.25) is 15.1 Å². The quantitative estimate of drug-likeness (QED) is 0.287. The van der Waals surface area contributed by atoms with E-state index in [1.165, 1.54) is 12.5 Å². The average molecular weight is 547 g/mol. The van der Waals surface area contributed by atoms with E-state index in [1.807, 2.05) is 0 Å². The second-order valence-electron chi connectivity index (χ2n) is 8.19. The van der Waals surface area contributed by atoms with Crippen LogP contribution in [0.15, 0.2) is 36.4 Å². The van der Waals surface area contributed by atoms with E-state index in [-0.39, 0.29) is 56.2 Å². The molecule has 1 heterocycles. The fraction of sp³-hybridized carbons (Fsp3) is 0.440. The highest BCUT2D eigenvalue weighted by Crippen LogP contribution is 2.30. The molecular weight excluding hydrogens is 513 g/mol. The summed E-state index contributed by atoms with van der Waals surface area (Å²) in [5.74, 6) is -2.64. The monoisotopic (exact) mass is 546 g/mol. The SMILES string of the molecule is CCO[C@H](C(=O)NCc1ccc(C(=N)N)cc1)c1c(F)ccc(OCCN2CCCCC2)c1F.Cl.Cl. The van der Waals surface area contributed by atoms with Crippen molar-refractivity contribution in [1.29, 1.82) is 5.41 Å². The first-order chi connectivity index (χ1) is 16.4. The second kappa shape index (κ2) is 15.6. The minimum absolute atomic E-state index is 0. The van der Waals surface area contributed by atoms with Gasteiger partial charge in [0.05, 0.1) is 5.56 Å². The van der Waals surface area contributed by atoms with E-state index >= 15 is 4.39 Å². The molecule has 0 radical (unpaired) electrons. The fourth-order valence-electron chi connectivity index (χ4n) is 3.91. The molecule has 36 heavy (non-hydrogen) atoms. The first kappa shape index (κ1) is 31.6. The molecule has 0 aromatic heterocycles. The number of likely N-dealkylation sites (tertiary alicyclic amines) is 1. The zero-order valence-electron chi connectivity index (χ0n) is 20.2. The van der Waals surface area contributed by atoms with Gasteiger partial charge in [0.25, 0.3) is 5.91 Å². The number of nitrogens with one attached hydrogen (secondary N) is 2. The summed E-state index contributed by atoms with van der Waals surface area (Å²) in [6.45, 7) is 4.76. The van der Waals surface area contributed by atoms with Crippen LogP contribution in [0.4, 0.5) is 8.78 Å². The van der Waals surface area contributed by atoms with Crippen LogP contribution in [-0.2, 0) is 16.1 Å². The van der Waals surface area contributed by atoms with Gasteiger partial charge in [-0.05, 0) is 50.6 Å². The van der Waals surface area contributed by atoms with Crippen LogP contribution in [0.1, 0.15) is 49.0 Å². The predicted molar refractivity (Wildman–Crippen MR) is 140 cm³/mol. The van der Waals surface area contributed by atoms with Crippen LogP contribution >= 0.6 is 24.8 Å². The zero-order valence-corrected chi connectivity index (χ0v) is 21.9. The van der Waals surface area contributed by atoms with Gasteiger partial charge in [-0.2, -0.15) is 0 Å². The van der Waals surface area contributed by atoms with Crippen LogP contribution in [0.25, 0.3) is 0 Å². The summed E-state index contributed by atoms with van der Waals surface area (Å²) in [7, 11) is 0. The minimum Gasteiger partial charge on any atom is -0.489 e. The van der Waals surface area contributed by atoms with Crippen molar-refractivity contribution in [3.8, 4) is 5.75 Å². The van der Waals surface area contributed by atoms with Gasteiger partial charge < -0.3 is 20.5 Å². The summed E-state index contributed by atoms with van der Waals surface area (Å²) in [6, 6.07) is 9.08. The molecule has 11 heteroatoms. The summed E-state index contributed by atoms with van der Waals surface area (Å²) in [5.41, 5.74) is 6.27. The third-order valence-electron chi connectivity index (χ3n) is 5.77. The molecule has 1 aliphatic heterocycles. The van der Waals surface area contributed by atoms with Gasteiger partial charge in [0.15, 0.2) is 17.7 Å². The van der Waals surface area contributed by atoms with Crippen molar-refractivity contribution in [3.63, 3.8) is 0 Å². The van der Waals surface area contributed by atoms with E-state index in [4.69, 9.17) is 20.6 Å². The van der Waals surface area contributed by atoms with Gasteiger partial charge in [-0.1, -0.05) is 30.7 Å². The lowest BCUT2D eigenvalue weighted by atomic mass is 10.1. The number of benzene rings is 2. The molecular formula is C25H34Cl2F2N4O3. The van der Waals surface area contributed by atoms with Crippen molar-refractivity contribution >= 4 is 36.6 Å². The number of piperidine rings is 1. The lowest BCUT2D eigenvalue weighted by Crippen LogP contribution is -2.33. The molecule has 2 aromatic carbocycles. The molecule has 0 aliphatic carbocycles. The Morgan fingerprint density at radius 2 is 1.78 bits per heavy atom. The number of nitrogens with zero attached hydrogens (tertiary/aromatic N) is 1. The smallest absolute Gasteiger partial charge is 0.254 e. The second-order valence-corrected chi connectivity index (χ2v) is 8.19. The number of hydrogen-bond acceptors (Lipinski definition) is 5. The number of nitrogen functional groups attached to an aromatic ring is 1. The molecule has 1 atom stereocenters. The van der Waals surface area contributed by atoms with Crippen molar-refractivity contribution in [1.82, 2.24) is 10.2 Å². The van der Waals surface area contributed by atoms with Crippen molar-refractivity contribution in [2.75, 3.05) is 32.8 Å². The molecule has 1 amide bonds. The average Bonchev–Trinajstić information content (AvgIpc) is 2.84. The van der Waals surface area contributed by atoms with Crippen LogP contribution in [0.2, 0.25) is 0 Å². The molecule has 1 fully saturated rings. The number of hydrogen-bond donors (Lipinski definition) is 3. The molecule has 4 N–H and O–H groups in total. The maximum atomic E-state index is 15.2. The Hall–Kier alpha value is -2.46. The molecule has 0 unspecified atom stereocenters. The number of rotatable bonds is 11. The lowest BCUT2D eigenvalue weighted by molar-refractivity contribution is -0.133. The Kier molecular flexibility index (Phi) is 13.7. The standard InChI is InChI=1S/C25H32F2N4O3.2ClH/c1-2-33-23(25(32)30-16-17-6-8-18(9-7-17)24(28)29)21-19(26)10-11-20(22(21)27)34-15-14-31-12-4-3-5-13-31;;/h6-11,23H,2-5,12-16H2,1H3,(H3,28,29)(H,30,32);2*1H/t23-;;/m0../s1. The first-order valence-electron chi connectivity index (χ1n) is 11.6. The van der Waals surface area contributed by atoms with Crippen LogP contribution in [0.3, 0.4) is 0 Å². The van der Waals surface area contributed by atoms with E-state index in [1.54, 1.807) is 31.2 Å². The van der Waals surface area contributed by atoms with E-state index in [2.05, 4.69) is 10.2 Å². The number of nitrogens with two attached hydrogens (primary N) is 1. The number of ether oxygens (including phenoxy) is 2. The molecule has 3 rings (SSSR count). The summed E-state index contributed by atoms with van der Waals surface area (Å²) in [4.78, 5) is 15.1. The predicted octanol–water partition coefficient (Wildman–Crippen LogP) is 4.35. The summed E-state index contributed by atoms with van der Waals surface area (Å²) >= 11 is 0. The molecule has 0 bridgehead atoms. The van der Waals surface area contributed by atoms with Crippen molar-refractivity contribution in [3.05, 3.63) is 64.7 Å². The highest BCUT2D eigenvalue weighted by Gasteiger charge is 2.29. The maximum absolute atomic E-state index is 15.2. The van der Waals surface area contributed by atoms with Gasteiger partial charge in [0.2, 0.25) is 0 Å². The normalized spacial score (nSPS) is 14.2. The van der Waals surface area contributed by atoms with Gasteiger partial charge in [-0.15, -0.1) is 24.8 Å². The van der Waals surface area contributed by atoms with Gasteiger partial charge in [-0.25, -0.2) is 8.78 Å². The third-order valence-corrected chi connectivity index (χ3v) is 5.77. The lowest BCUT2D eigenvalue weighted by Gasteiger charge is -2.26. The minimum atomic E-state index is -1.47. The molecule has 2 aromatic rings. The number of halogens is 4. The Morgan fingerprint density at radius 3 is 2.39 bits per heavy atom. The molecule has 1 saturated heterocycles. The Balaban J connectivity index is 0.00000324.